The Kier molecular flexibility index (Phi) is 3.13. The van der Waals surface area contributed by atoms with Gasteiger partial charge in [-0.2, -0.15) is 0 Å². The molecule has 0 spiro atoms. The predicted molar refractivity (Wildman–Crippen MR) is 74.7 cm³/mol. The van der Waals surface area contributed by atoms with Crippen LogP contribution in [0.15, 0.2) is 30.3 Å². The zero-order valence-electron chi connectivity index (χ0n) is 10.4. The van der Waals surface area contributed by atoms with Crippen molar-refractivity contribution in [2.45, 2.75) is 6.54 Å². The van der Waals surface area contributed by atoms with E-state index in [2.05, 4.69) is 34.5 Å². The average Bonchev–Trinajstić information content (AvgIpc) is 2.47. The third kappa shape index (κ3) is 2.05. The molecule has 1 saturated heterocycles. The molecule has 1 aromatic heterocycles. The first kappa shape index (κ1) is 11.4. The number of hydrogen-bond donors (Lipinski definition) is 2. The number of fused-ring (bicyclic) bond motifs is 1. The van der Waals surface area contributed by atoms with E-state index in [4.69, 9.17) is 10.7 Å². The molecule has 0 unspecified atom stereocenters. The molecule has 1 aliphatic heterocycles. The van der Waals surface area contributed by atoms with Crippen molar-refractivity contribution in [2.24, 2.45) is 5.73 Å². The van der Waals surface area contributed by atoms with Gasteiger partial charge in [0.05, 0.1) is 5.52 Å². The standard InChI is InChI=1S/C14H18N4/c15-10-12-3-1-2-11-4-5-13(17-14(11)12)18-8-6-16-7-9-18/h1-5,16H,6-10,15H2. The lowest BCUT2D eigenvalue weighted by Gasteiger charge is -2.28. The third-order valence-corrected chi connectivity index (χ3v) is 3.45. The Morgan fingerprint density at radius 1 is 1.17 bits per heavy atom. The Labute approximate surface area is 107 Å². The van der Waals surface area contributed by atoms with Crippen molar-refractivity contribution in [3.63, 3.8) is 0 Å². The van der Waals surface area contributed by atoms with Crippen molar-refractivity contribution in [3.8, 4) is 0 Å². The zero-order valence-corrected chi connectivity index (χ0v) is 10.4. The second kappa shape index (κ2) is 4.92. The summed E-state index contributed by atoms with van der Waals surface area (Å²) in [5.41, 5.74) is 7.93. The summed E-state index contributed by atoms with van der Waals surface area (Å²) in [5.74, 6) is 1.06. The Morgan fingerprint density at radius 3 is 2.78 bits per heavy atom. The number of nitrogens with two attached hydrogens (primary N) is 1. The van der Waals surface area contributed by atoms with Crippen molar-refractivity contribution in [1.82, 2.24) is 10.3 Å². The second-order valence-electron chi connectivity index (χ2n) is 4.60. The molecule has 2 heterocycles. The summed E-state index contributed by atoms with van der Waals surface area (Å²) in [6.07, 6.45) is 0. The highest BCUT2D eigenvalue weighted by atomic mass is 15.2. The second-order valence-corrected chi connectivity index (χ2v) is 4.60. The number of para-hydroxylation sites is 1. The van der Waals surface area contributed by atoms with Crippen molar-refractivity contribution in [1.29, 1.82) is 0 Å². The molecule has 3 N–H and O–H groups in total. The number of hydrogen-bond acceptors (Lipinski definition) is 4. The SMILES string of the molecule is NCc1cccc2ccc(N3CCNCC3)nc12. The molecule has 1 aromatic carbocycles. The van der Waals surface area contributed by atoms with Crippen LogP contribution in [0.5, 0.6) is 0 Å². The molecule has 0 radical (unpaired) electrons. The maximum Gasteiger partial charge on any atom is 0.129 e. The van der Waals surface area contributed by atoms with Gasteiger partial charge in [-0.05, 0) is 17.7 Å². The summed E-state index contributed by atoms with van der Waals surface area (Å²) in [7, 11) is 0. The Balaban J connectivity index is 2.03. The zero-order chi connectivity index (χ0) is 12.4. The van der Waals surface area contributed by atoms with Gasteiger partial charge < -0.3 is 16.0 Å². The molecule has 1 fully saturated rings. The summed E-state index contributed by atoms with van der Waals surface area (Å²) in [6.45, 7) is 4.62. The molecule has 18 heavy (non-hydrogen) atoms. The minimum atomic E-state index is 0.537. The van der Waals surface area contributed by atoms with E-state index >= 15 is 0 Å². The Bertz CT molecular complexity index is 546. The Morgan fingerprint density at radius 2 is 2.00 bits per heavy atom. The molecule has 3 rings (SSSR count). The van der Waals surface area contributed by atoms with Crippen molar-refractivity contribution in [2.75, 3.05) is 31.1 Å². The van der Waals surface area contributed by atoms with E-state index < -0.39 is 0 Å². The fourth-order valence-corrected chi connectivity index (χ4v) is 2.43. The van der Waals surface area contributed by atoms with Crippen LogP contribution in [0.3, 0.4) is 0 Å². The summed E-state index contributed by atoms with van der Waals surface area (Å²) >= 11 is 0. The number of benzene rings is 1. The van der Waals surface area contributed by atoms with Gasteiger partial charge in [0.1, 0.15) is 5.82 Å². The van der Waals surface area contributed by atoms with Crippen molar-refractivity contribution >= 4 is 16.7 Å². The lowest BCUT2D eigenvalue weighted by molar-refractivity contribution is 0.585. The van der Waals surface area contributed by atoms with Crippen LogP contribution < -0.4 is 16.0 Å². The predicted octanol–water partition coefficient (Wildman–Crippen LogP) is 1.10. The number of piperazine rings is 1. The molecule has 94 valence electrons. The molecule has 0 bridgehead atoms. The average molecular weight is 242 g/mol. The van der Waals surface area contributed by atoms with Crippen LogP contribution >= 0.6 is 0 Å². The topological polar surface area (TPSA) is 54.2 Å². The highest BCUT2D eigenvalue weighted by molar-refractivity contribution is 5.83. The van der Waals surface area contributed by atoms with E-state index in [1.807, 2.05) is 6.07 Å². The van der Waals surface area contributed by atoms with Crippen LogP contribution in [0.25, 0.3) is 10.9 Å². The van der Waals surface area contributed by atoms with Gasteiger partial charge in [0.25, 0.3) is 0 Å². The monoisotopic (exact) mass is 242 g/mol. The largest absolute Gasteiger partial charge is 0.354 e. The lowest BCUT2D eigenvalue weighted by atomic mass is 10.1. The smallest absolute Gasteiger partial charge is 0.129 e. The van der Waals surface area contributed by atoms with Gasteiger partial charge in [-0.1, -0.05) is 18.2 Å². The maximum atomic E-state index is 5.78. The number of aromatic nitrogens is 1. The normalized spacial score (nSPS) is 16.2. The van der Waals surface area contributed by atoms with Crippen LogP contribution in [0.1, 0.15) is 5.56 Å². The maximum absolute atomic E-state index is 5.78. The first-order valence-electron chi connectivity index (χ1n) is 6.43. The van der Waals surface area contributed by atoms with E-state index in [-0.39, 0.29) is 0 Å². The molecule has 2 aromatic rings. The molecular formula is C14H18N4. The van der Waals surface area contributed by atoms with Crippen molar-refractivity contribution < 1.29 is 0 Å². The molecule has 0 aliphatic carbocycles. The minimum Gasteiger partial charge on any atom is -0.354 e. The first-order valence-corrected chi connectivity index (χ1v) is 6.43. The molecular weight excluding hydrogens is 224 g/mol. The lowest BCUT2D eigenvalue weighted by Crippen LogP contribution is -2.43. The molecule has 0 saturated carbocycles. The molecule has 4 nitrogen and oxygen atoms in total. The number of pyridine rings is 1. The molecule has 1 aliphatic rings. The van der Waals surface area contributed by atoms with Crippen LogP contribution in [0.4, 0.5) is 5.82 Å². The highest BCUT2D eigenvalue weighted by Gasteiger charge is 2.12. The highest BCUT2D eigenvalue weighted by Crippen LogP contribution is 2.21. The van der Waals surface area contributed by atoms with Gasteiger partial charge in [0.2, 0.25) is 0 Å². The van der Waals surface area contributed by atoms with E-state index in [0.29, 0.717) is 6.54 Å². The number of anilines is 1. The van der Waals surface area contributed by atoms with E-state index in [9.17, 15) is 0 Å². The number of rotatable bonds is 2. The van der Waals surface area contributed by atoms with E-state index in [1.54, 1.807) is 0 Å². The van der Waals surface area contributed by atoms with Gasteiger partial charge >= 0.3 is 0 Å². The van der Waals surface area contributed by atoms with Gasteiger partial charge in [-0.15, -0.1) is 0 Å². The number of nitrogens with zero attached hydrogens (tertiary/aromatic N) is 2. The first-order chi connectivity index (χ1) is 8.88. The summed E-state index contributed by atoms with van der Waals surface area (Å²) in [6, 6.07) is 10.4. The van der Waals surface area contributed by atoms with Crippen molar-refractivity contribution in [3.05, 3.63) is 35.9 Å². The van der Waals surface area contributed by atoms with Crippen LogP contribution in [-0.4, -0.2) is 31.2 Å². The van der Waals surface area contributed by atoms with Gasteiger partial charge in [0, 0.05) is 38.1 Å². The van der Waals surface area contributed by atoms with Crippen LogP contribution in [0, 0.1) is 0 Å². The summed E-state index contributed by atoms with van der Waals surface area (Å²) < 4.78 is 0. The molecule has 0 atom stereocenters. The fourth-order valence-electron chi connectivity index (χ4n) is 2.43. The van der Waals surface area contributed by atoms with Gasteiger partial charge in [-0.3, -0.25) is 0 Å². The minimum absolute atomic E-state index is 0.537. The fraction of sp³-hybridized carbons (Fsp3) is 0.357. The van der Waals surface area contributed by atoms with E-state index in [1.165, 1.54) is 0 Å². The summed E-state index contributed by atoms with van der Waals surface area (Å²) in [5, 5.41) is 4.52. The third-order valence-electron chi connectivity index (χ3n) is 3.45. The van der Waals surface area contributed by atoms with Crippen LogP contribution in [-0.2, 0) is 6.54 Å². The van der Waals surface area contributed by atoms with Crippen LogP contribution in [0.2, 0.25) is 0 Å². The Hall–Kier alpha value is -1.65. The number of nitrogens with one attached hydrogen (secondary N) is 1. The van der Waals surface area contributed by atoms with E-state index in [0.717, 1.165) is 48.5 Å². The molecule has 4 heteroatoms. The molecule has 0 amide bonds. The quantitative estimate of drug-likeness (QED) is 0.828. The van der Waals surface area contributed by atoms with Gasteiger partial charge in [-0.25, -0.2) is 4.98 Å². The summed E-state index contributed by atoms with van der Waals surface area (Å²) in [4.78, 5) is 7.11. The van der Waals surface area contributed by atoms with Gasteiger partial charge in [0.15, 0.2) is 0 Å².